The molecule has 1 aromatic carbocycles. The smallest absolute Gasteiger partial charge is 0.146 e. The van der Waals surface area contributed by atoms with E-state index in [1.807, 2.05) is 23.6 Å². The molecule has 2 N–H and O–H groups in total. The van der Waals surface area contributed by atoms with Gasteiger partial charge in [0, 0.05) is 4.88 Å². The molecule has 66 valence electrons. The van der Waals surface area contributed by atoms with Gasteiger partial charge in [0.1, 0.15) is 5.82 Å². The Hall–Kier alpha value is -1.35. The van der Waals surface area contributed by atoms with Crippen LogP contribution >= 0.6 is 11.3 Å². The van der Waals surface area contributed by atoms with Crippen molar-refractivity contribution < 1.29 is 4.39 Å². The third kappa shape index (κ3) is 1.55. The molecule has 0 aliphatic carbocycles. The van der Waals surface area contributed by atoms with E-state index in [0.717, 1.165) is 10.4 Å². The molecule has 0 amide bonds. The van der Waals surface area contributed by atoms with E-state index in [4.69, 9.17) is 5.73 Å². The van der Waals surface area contributed by atoms with Crippen molar-refractivity contribution in [1.29, 1.82) is 0 Å². The van der Waals surface area contributed by atoms with E-state index >= 15 is 0 Å². The standard InChI is InChI=1S/C10H8FNS/c11-8-6-7(3-4-9(8)12)10-2-1-5-13-10/h1-6H,12H2. The summed E-state index contributed by atoms with van der Waals surface area (Å²) in [6, 6.07) is 8.76. The highest BCUT2D eigenvalue weighted by atomic mass is 32.1. The first-order valence-electron chi connectivity index (χ1n) is 3.86. The second kappa shape index (κ2) is 3.18. The number of nitrogen functional groups attached to an aromatic ring is 1. The van der Waals surface area contributed by atoms with Crippen LogP contribution < -0.4 is 5.73 Å². The van der Waals surface area contributed by atoms with Crippen molar-refractivity contribution in [3.05, 3.63) is 41.5 Å². The molecule has 0 saturated carbocycles. The summed E-state index contributed by atoms with van der Waals surface area (Å²) < 4.78 is 13.1. The molecule has 0 aliphatic rings. The Balaban J connectivity index is 2.49. The Labute approximate surface area is 79.6 Å². The summed E-state index contributed by atoms with van der Waals surface area (Å²) in [5, 5.41) is 1.96. The van der Waals surface area contributed by atoms with Crippen LogP contribution in [-0.2, 0) is 0 Å². The highest BCUT2D eigenvalue weighted by molar-refractivity contribution is 7.13. The SMILES string of the molecule is Nc1ccc(-c2cccs2)cc1F. The third-order valence-electron chi connectivity index (χ3n) is 1.81. The monoisotopic (exact) mass is 193 g/mol. The Kier molecular flexibility index (Phi) is 2.02. The molecule has 1 aromatic heterocycles. The highest BCUT2D eigenvalue weighted by Gasteiger charge is 2.02. The number of thiophene rings is 1. The minimum absolute atomic E-state index is 0.195. The number of benzene rings is 1. The normalized spacial score (nSPS) is 10.2. The topological polar surface area (TPSA) is 26.0 Å². The second-order valence-corrected chi connectivity index (χ2v) is 3.66. The van der Waals surface area contributed by atoms with Crippen molar-refractivity contribution >= 4 is 17.0 Å². The molecule has 0 bridgehead atoms. The van der Waals surface area contributed by atoms with Gasteiger partial charge in [-0.2, -0.15) is 0 Å². The summed E-state index contributed by atoms with van der Waals surface area (Å²) >= 11 is 1.58. The quantitative estimate of drug-likeness (QED) is 0.692. The number of hydrogen-bond donors (Lipinski definition) is 1. The molecule has 0 unspecified atom stereocenters. The molecule has 13 heavy (non-hydrogen) atoms. The average Bonchev–Trinajstić information content (AvgIpc) is 2.62. The molecule has 0 spiro atoms. The van der Waals surface area contributed by atoms with Gasteiger partial charge in [-0.25, -0.2) is 4.39 Å². The molecule has 2 aromatic rings. The largest absolute Gasteiger partial charge is 0.396 e. The van der Waals surface area contributed by atoms with Gasteiger partial charge in [0.15, 0.2) is 0 Å². The first-order valence-corrected chi connectivity index (χ1v) is 4.74. The average molecular weight is 193 g/mol. The van der Waals surface area contributed by atoms with Gasteiger partial charge in [-0.15, -0.1) is 11.3 Å². The fourth-order valence-corrected chi connectivity index (χ4v) is 1.85. The molecule has 0 fully saturated rings. The Morgan fingerprint density at radius 2 is 2.08 bits per heavy atom. The molecule has 2 rings (SSSR count). The van der Waals surface area contributed by atoms with Crippen molar-refractivity contribution in [2.75, 3.05) is 5.73 Å². The zero-order valence-corrected chi connectivity index (χ0v) is 7.64. The van der Waals surface area contributed by atoms with Crippen molar-refractivity contribution in [2.24, 2.45) is 0 Å². The highest BCUT2D eigenvalue weighted by Crippen LogP contribution is 2.26. The van der Waals surface area contributed by atoms with E-state index in [2.05, 4.69) is 0 Å². The lowest BCUT2D eigenvalue weighted by Crippen LogP contribution is -1.89. The summed E-state index contributed by atoms with van der Waals surface area (Å²) in [4.78, 5) is 1.05. The van der Waals surface area contributed by atoms with Gasteiger partial charge in [-0.1, -0.05) is 12.1 Å². The van der Waals surface area contributed by atoms with E-state index in [9.17, 15) is 4.39 Å². The molecule has 0 saturated heterocycles. The maximum absolute atomic E-state index is 13.1. The lowest BCUT2D eigenvalue weighted by atomic mass is 10.1. The number of hydrogen-bond acceptors (Lipinski definition) is 2. The van der Waals surface area contributed by atoms with Crippen LogP contribution in [0.1, 0.15) is 0 Å². The van der Waals surface area contributed by atoms with Crippen LogP contribution in [0.2, 0.25) is 0 Å². The minimum atomic E-state index is -0.356. The van der Waals surface area contributed by atoms with Crippen molar-refractivity contribution in [1.82, 2.24) is 0 Å². The maximum atomic E-state index is 13.1. The zero-order chi connectivity index (χ0) is 9.26. The fourth-order valence-electron chi connectivity index (χ4n) is 1.12. The zero-order valence-electron chi connectivity index (χ0n) is 6.83. The molecule has 0 radical (unpaired) electrons. The lowest BCUT2D eigenvalue weighted by Gasteiger charge is -1.99. The first-order chi connectivity index (χ1) is 6.27. The van der Waals surface area contributed by atoms with Crippen molar-refractivity contribution in [3.63, 3.8) is 0 Å². The molecule has 0 atom stereocenters. The second-order valence-electron chi connectivity index (χ2n) is 2.71. The van der Waals surface area contributed by atoms with Crippen LogP contribution in [0.5, 0.6) is 0 Å². The van der Waals surface area contributed by atoms with Gasteiger partial charge < -0.3 is 5.73 Å². The van der Waals surface area contributed by atoms with Gasteiger partial charge >= 0.3 is 0 Å². The van der Waals surface area contributed by atoms with Crippen molar-refractivity contribution in [2.45, 2.75) is 0 Å². The Bertz CT molecular complexity index is 409. The van der Waals surface area contributed by atoms with Gasteiger partial charge in [0.05, 0.1) is 5.69 Å². The van der Waals surface area contributed by atoms with Crippen LogP contribution in [0.4, 0.5) is 10.1 Å². The summed E-state index contributed by atoms with van der Waals surface area (Å²) in [6.45, 7) is 0. The van der Waals surface area contributed by atoms with E-state index < -0.39 is 0 Å². The van der Waals surface area contributed by atoms with Gasteiger partial charge in [-0.05, 0) is 29.1 Å². The number of halogens is 1. The predicted molar refractivity (Wildman–Crippen MR) is 54.1 cm³/mol. The molecule has 1 heterocycles. The van der Waals surface area contributed by atoms with E-state index in [-0.39, 0.29) is 11.5 Å². The van der Waals surface area contributed by atoms with E-state index in [1.54, 1.807) is 17.4 Å². The van der Waals surface area contributed by atoms with Gasteiger partial charge in [0.2, 0.25) is 0 Å². The minimum Gasteiger partial charge on any atom is -0.396 e. The van der Waals surface area contributed by atoms with Crippen LogP contribution in [-0.4, -0.2) is 0 Å². The van der Waals surface area contributed by atoms with Gasteiger partial charge in [-0.3, -0.25) is 0 Å². The molecular weight excluding hydrogens is 185 g/mol. The van der Waals surface area contributed by atoms with Crippen molar-refractivity contribution in [3.8, 4) is 10.4 Å². The summed E-state index contributed by atoms with van der Waals surface area (Å²) in [5.41, 5.74) is 6.44. The van der Waals surface area contributed by atoms with Crippen LogP contribution in [0.3, 0.4) is 0 Å². The summed E-state index contributed by atoms with van der Waals surface area (Å²) in [5.74, 6) is -0.356. The van der Waals surface area contributed by atoms with Gasteiger partial charge in [0.25, 0.3) is 0 Å². The molecular formula is C10H8FNS. The van der Waals surface area contributed by atoms with Crippen LogP contribution in [0.15, 0.2) is 35.7 Å². The lowest BCUT2D eigenvalue weighted by molar-refractivity contribution is 0.633. The fraction of sp³-hybridized carbons (Fsp3) is 0. The molecule has 3 heteroatoms. The first kappa shape index (κ1) is 8.26. The number of nitrogens with two attached hydrogens (primary N) is 1. The van der Waals surface area contributed by atoms with Crippen LogP contribution in [0, 0.1) is 5.82 Å². The Morgan fingerprint density at radius 3 is 2.69 bits per heavy atom. The predicted octanol–water partition coefficient (Wildman–Crippen LogP) is 3.14. The Morgan fingerprint density at radius 1 is 1.23 bits per heavy atom. The summed E-state index contributed by atoms with van der Waals surface area (Å²) in [7, 11) is 0. The van der Waals surface area contributed by atoms with E-state index in [1.165, 1.54) is 6.07 Å². The molecule has 0 aliphatic heterocycles. The number of rotatable bonds is 1. The third-order valence-corrected chi connectivity index (χ3v) is 2.73. The number of anilines is 1. The van der Waals surface area contributed by atoms with E-state index in [0.29, 0.717) is 0 Å². The summed E-state index contributed by atoms with van der Waals surface area (Å²) in [6.07, 6.45) is 0. The molecule has 1 nitrogen and oxygen atoms in total. The van der Waals surface area contributed by atoms with Crippen LogP contribution in [0.25, 0.3) is 10.4 Å². The maximum Gasteiger partial charge on any atom is 0.146 e.